The van der Waals surface area contributed by atoms with E-state index < -0.39 is 12.1 Å². The van der Waals surface area contributed by atoms with Gasteiger partial charge in [0.15, 0.2) is 11.5 Å². The predicted octanol–water partition coefficient (Wildman–Crippen LogP) is 1.68. The third-order valence-corrected chi connectivity index (χ3v) is 5.46. The summed E-state index contributed by atoms with van der Waals surface area (Å²) in [4.78, 5) is 29.5. The van der Waals surface area contributed by atoms with Gasteiger partial charge < -0.3 is 19.7 Å². The first-order chi connectivity index (χ1) is 14.6. The molecule has 2 heterocycles. The molecule has 7 nitrogen and oxygen atoms in total. The molecule has 0 saturated carbocycles. The highest BCUT2D eigenvalue weighted by atomic mass is 16.6. The van der Waals surface area contributed by atoms with Crippen molar-refractivity contribution in [2.45, 2.75) is 25.6 Å². The van der Waals surface area contributed by atoms with Gasteiger partial charge in [0, 0.05) is 32.7 Å². The molecule has 1 saturated heterocycles. The second kappa shape index (κ2) is 9.17. The Morgan fingerprint density at radius 1 is 1.00 bits per heavy atom. The number of hydrogen-bond donors (Lipinski definition) is 1. The molecule has 2 amide bonds. The summed E-state index contributed by atoms with van der Waals surface area (Å²) in [5.41, 5.74) is 1.27. The first-order valence-corrected chi connectivity index (χ1v) is 10.3. The molecule has 0 spiro atoms. The van der Waals surface area contributed by atoms with E-state index >= 15 is 0 Å². The van der Waals surface area contributed by atoms with Crippen molar-refractivity contribution in [1.82, 2.24) is 15.1 Å². The van der Waals surface area contributed by atoms with Crippen LogP contribution in [0.25, 0.3) is 0 Å². The first-order valence-electron chi connectivity index (χ1n) is 10.3. The second-order valence-corrected chi connectivity index (χ2v) is 7.68. The number of carbonyl (C=O) groups is 2. The highest BCUT2D eigenvalue weighted by molar-refractivity contribution is 5.89. The monoisotopic (exact) mass is 409 g/mol. The van der Waals surface area contributed by atoms with Gasteiger partial charge in [-0.1, -0.05) is 42.5 Å². The molecule has 2 aromatic carbocycles. The maximum Gasteiger partial charge on any atom is 0.265 e. The van der Waals surface area contributed by atoms with E-state index in [1.54, 1.807) is 19.1 Å². The van der Waals surface area contributed by atoms with Gasteiger partial charge >= 0.3 is 0 Å². The normalized spacial score (nSPS) is 19.8. The molecule has 4 rings (SSSR count). The van der Waals surface area contributed by atoms with E-state index in [4.69, 9.17) is 9.47 Å². The van der Waals surface area contributed by atoms with E-state index in [1.165, 1.54) is 5.56 Å². The van der Waals surface area contributed by atoms with Crippen LogP contribution in [0, 0.1) is 0 Å². The average Bonchev–Trinajstić information content (AvgIpc) is 2.79. The lowest BCUT2D eigenvalue weighted by atomic mass is 10.2. The van der Waals surface area contributed by atoms with Crippen molar-refractivity contribution in [3.05, 3.63) is 60.2 Å². The Balaban J connectivity index is 1.25. The van der Waals surface area contributed by atoms with Crippen LogP contribution in [-0.2, 0) is 16.1 Å². The quantitative estimate of drug-likeness (QED) is 0.814. The summed E-state index contributed by atoms with van der Waals surface area (Å²) in [6.45, 7) is 5.67. The molecular formula is C23H27N3O4. The van der Waals surface area contributed by atoms with E-state index in [9.17, 15) is 9.59 Å². The van der Waals surface area contributed by atoms with Gasteiger partial charge in [-0.2, -0.15) is 0 Å². The molecule has 1 N–H and O–H groups in total. The zero-order valence-electron chi connectivity index (χ0n) is 17.1. The summed E-state index contributed by atoms with van der Waals surface area (Å²) in [6.07, 6.45) is -0.766. The average molecular weight is 409 g/mol. The molecule has 2 aliphatic rings. The smallest absolute Gasteiger partial charge is 0.265 e. The summed E-state index contributed by atoms with van der Waals surface area (Å²) in [5, 5.41) is 2.78. The number of hydrogen-bond acceptors (Lipinski definition) is 5. The van der Waals surface area contributed by atoms with Crippen LogP contribution in [0.3, 0.4) is 0 Å². The van der Waals surface area contributed by atoms with Crippen molar-refractivity contribution < 1.29 is 19.1 Å². The third-order valence-electron chi connectivity index (χ3n) is 5.46. The Morgan fingerprint density at radius 3 is 2.40 bits per heavy atom. The van der Waals surface area contributed by atoms with E-state index in [2.05, 4.69) is 22.3 Å². The van der Waals surface area contributed by atoms with Crippen LogP contribution in [0.1, 0.15) is 12.5 Å². The van der Waals surface area contributed by atoms with Crippen LogP contribution in [0.15, 0.2) is 54.6 Å². The van der Waals surface area contributed by atoms with Crippen LogP contribution in [0.2, 0.25) is 0 Å². The third kappa shape index (κ3) is 4.74. The molecule has 0 aromatic heterocycles. The Labute approximate surface area is 176 Å². The summed E-state index contributed by atoms with van der Waals surface area (Å²) in [6, 6.07) is 17.0. The molecule has 7 heteroatoms. The van der Waals surface area contributed by atoms with Crippen LogP contribution in [0.4, 0.5) is 0 Å². The Morgan fingerprint density at radius 2 is 1.67 bits per heavy atom. The molecule has 30 heavy (non-hydrogen) atoms. The standard InChI is InChI=1S/C23H27N3O4/c1-17(24-22(27)21-16-29-19-9-5-6-10-20(19)30-21)23(28)26-13-11-25(12-14-26)15-18-7-3-2-4-8-18/h2-10,17,21H,11-16H2,1H3,(H,24,27)/t17-,21-/m0/s1. The molecular weight excluding hydrogens is 382 g/mol. The summed E-state index contributed by atoms with van der Waals surface area (Å²) in [5.74, 6) is 0.754. The van der Waals surface area contributed by atoms with E-state index in [0.717, 1.165) is 19.6 Å². The molecule has 1 fully saturated rings. The lowest BCUT2D eigenvalue weighted by Crippen LogP contribution is -2.56. The van der Waals surface area contributed by atoms with Crippen molar-refractivity contribution in [3.63, 3.8) is 0 Å². The fourth-order valence-corrected chi connectivity index (χ4v) is 3.76. The fourth-order valence-electron chi connectivity index (χ4n) is 3.76. The van der Waals surface area contributed by atoms with Crippen LogP contribution >= 0.6 is 0 Å². The minimum Gasteiger partial charge on any atom is -0.485 e. The number of fused-ring (bicyclic) bond motifs is 1. The Kier molecular flexibility index (Phi) is 6.18. The minimum absolute atomic E-state index is 0.0696. The van der Waals surface area contributed by atoms with Gasteiger partial charge in [0.05, 0.1) is 0 Å². The number of rotatable bonds is 5. The lowest BCUT2D eigenvalue weighted by molar-refractivity contribution is -0.140. The maximum absolute atomic E-state index is 12.8. The zero-order valence-corrected chi connectivity index (χ0v) is 17.1. The second-order valence-electron chi connectivity index (χ2n) is 7.68. The summed E-state index contributed by atoms with van der Waals surface area (Å²) >= 11 is 0. The van der Waals surface area contributed by atoms with Crippen molar-refractivity contribution in [3.8, 4) is 11.5 Å². The van der Waals surface area contributed by atoms with E-state index in [1.807, 2.05) is 35.2 Å². The lowest BCUT2D eigenvalue weighted by Gasteiger charge is -2.36. The molecule has 0 unspecified atom stereocenters. The molecule has 0 bridgehead atoms. The first kappa shape index (κ1) is 20.2. The number of ether oxygens (including phenoxy) is 2. The van der Waals surface area contributed by atoms with Crippen molar-refractivity contribution in [2.75, 3.05) is 32.8 Å². The maximum atomic E-state index is 12.8. The van der Waals surface area contributed by atoms with Crippen LogP contribution in [0.5, 0.6) is 11.5 Å². The predicted molar refractivity (Wildman–Crippen MR) is 112 cm³/mol. The van der Waals surface area contributed by atoms with Gasteiger partial charge in [-0.15, -0.1) is 0 Å². The number of amides is 2. The molecule has 158 valence electrons. The van der Waals surface area contributed by atoms with Gasteiger partial charge in [0.1, 0.15) is 12.6 Å². The van der Waals surface area contributed by atoms with Crippen molar-refractivity contribution >= 4 is 11.8 Å². The van der Waals surface area contributed by atoms with Crippen molar-refractivity contribution in [2.24, 2.45) is 0 Å². The Bertz CT molecular complexity index is 881. The van der Waals surface area contributed by atoms with Gasteiger partial charge in [-0.3, -0.25) is 14.5 Å². The largest absolute Gasteiger partial charge is 0.485 e. The summed E-state index contributed by atoms with van der Waals surface area (Å²) < 4.78 is 11.3. The molecule has 2 atom stereocenters. The zero-order chi connectivity index (χ0) is 20.9. The fraction of sp³-hybridized carbons (Fsp3) is 0.391. The highest BCUT2D eigenvalue weighted by Crippen LogP contribution is 2.30. The molecule has 2 aliphatic heterocycles. The number of nitrogens with one attached hydrogen (secondary N) is 1. The van der Waals surface area contributed by atoms with Gasteiger partial charge in [0.25, 0.3) is 5.91 Å². The highest BCUT2D eigenvalue weighted by Gasteiger charge is 2.31. The van der Waals surface area contributed by atoms with E-state index in [0.29, 0.717) is 24.6 Å². The number of nitrogens with zero attached hydrogens (tertiary/aromatic N) is 2. The van der Waals surface area contributed by atoms with Crippen LogP contribution in [-0.4, -0.2) is 66.5 Å². The van der Waals surface area contributed by atoms with Gasteiger partial charge in [-0.05, 0) is 24.6 Å². The van der Waals surface area contributed by atoms with Gasteiger partial charge in [0.2, 0.25) is 12.0 Å². The SMILES string of the molecule is C[C@H](NC(=O)[C@@H]1COc2ccccc2O1)C(=O)N1CCN(Cc2ccccc2)CC1. The molecule has 0 aliphatic carbocycles. The van der Waals surface area contributed by atoms with Gasteiger partial charge in [-0.25, -0.2) is 0 Å². The molecule has 2 aromatic rings. The molecule has 0 radical (unpaired) electrons. The topological polar surface area (TPSA) is 71.1 Å². The van der Waals surface area contributed by atoms with E-state index in [-0.39, 0.29) is 18.4 Å². The summed E-state index contributed by atoms with van der Waals surface area (Å²) in [7, 11) is 0. The number of piperazine rings is 1. The van der Waals surface area contributed by atoms with Crippen LogP contribution < -0.4 is 14.8 Å². The number of benzene rings is 2. The Hall–Kier alpha value is -3.06. The number of carbonyl (C=O) groups excluding carboxylic acids is 2. The number of para-hydroxylation sites is 2. The van der Waals surface area contributed by atoms with Crippen molar-refractivity contribution in [1.29, 1.82) is 0 Å². The minimum atomic E-state index is -0.766.